The fraction of sp³-hybridized carbons (Fsp3) is 1.00. The summed E-state index contributed by atoms with van der Waals surface area (Å²) in [7, 11) is -3.87. The van der Waals surface area contributed by atoms with Crippen LogP contribution in [0.4, 0.5) is 0 Å². The Morgan fingerprint density at radius 3 is 2.58 bits per heavy atom. The molecule has 1 aliphatic carbocycles. The van der Waals surface area contributed by atoms with E-state index in [9.17, 15) is 8.42 Å². The molecule has 0 radical (unpaired) electrons. The Balaban J connectivity index is 1.75. The molecule has 8 atom stereocenters. The highest BCUT2D eigenvalue weighted by Gasteiger charge is 2.69. The third kappa shape index (κ3) is 2.45. The van der Waals surface area contributed by atoms with Crippen LogP contribution in [-0.4, -0.2) is 32.3 Å². The Morgan fingerprint density at radius 2 is 1.88 bits per heavy atom. The Kier molecular flexibility index (Phi) is 3.82. The lowest BCUT2D eigenvalue weighted by molar-refractivity contribution is -0.571. The van der Waals surface area contributed by atoms with Crippen LogP contribution in [0.1, 0.15) is 46.5 Å². The van der Waals surface area contributed by atoms with Crippen molar-refractivity contribution in [2.75, 3.05) is 0 Å². The summed E-state index contributed by atoms with van der Waals surface area (Å²) < 4.78 is 37.6. The molecule has 9 heteroatoms. The maximum atomic E-state index is 11.5. The van der Waals surface area contributed by atoms with Gasteiger partial charge in [-0.05, 0) is 38.0 Å². The molecule has 5 rings (SSSR count). The zero-order valence-corrected chi connectivity index (χ0v) is 15.0. The van der Waals surface area contributed by atoms with E-state index in [2.05, 4.69) is 11.6 Å². The quantitative estimate of drug-likeness (QED) is 0.709. The third-order valence-corrected chi connectivity index (χ3v) is 7.00. The largest absolute Gasteiger partial charge is 0.330 e. The van der Waals surface area contributed by atoms with Crippen LogP contribution in [0, 0.1) is 23.7 Å². The highest BCUT2D eigenvalue weighted by molar-refractivity contribution is 7.87. The SMILES string of the molecule is CC1CCC2[C@@H](C)[C@H](NS(N)(=O)=O)OC3O[C@@]4(C)CCC1[C@]32OO4. The van der Waals surface area contributed by atoms with Crippen LogP contribution >= 0.6 is 0 Å². The van der Waals surface area contributed by atoms with E-state index in [1.807, 2.05) is 13.8 Å². The van der Waals surface area contributed by atoms with Gasteiger partial charge in [-0.25, -0.2) is 14.9 Å². The summed E-state index contributed by atoms with van der Waals surface area (Å²) >= 11 is 0. The summed E-state index contributed by atoms with van der Waals surface area (Å²) in [5.41, 5.74) is -0.691. The molecule has 0 amide bonds. The first-order valence-electron chi connectivity index (χ1n) is 8.65. The lowest BCUT2D eigenvalue weighted by Crippen LogP contribution is -2.72. The Bertz CT molecular complexity index is 629. The van der Waals surface area contributed by atoms with Gasteiger partial charge in [0, 0.05) is 18.3 Å². The van der Waals surface area contributed by atoms with Gasteiger partial charge in [-0.15, -0.1) is 0 Å². The molecule has 8 nitrogen and oxygen atoms in total. The number of rotatable bonds is 2. The number of fused-ring (bicyclic) bond motifs is 2. The second kappa shape index (κ2) is 5.35. The normalized spacial score (nSPS) is 54.2. The molecule has 4 heterocycles. The summed E-state index contributed by atoms with van der Waals surface area (Å²) in [5.74, 6) is -0.188. The molecular formula is C15H26N2O6S. The van der Waals surface area contributed by atoms with Gasteiger partial charge in [0.05, 0.1) is 0 Å². The van der Waals surface area contributed by atoms with Gasteiger partial charge in [-0.1, -0.05) is 13.8 Å². The second-order valence-corrected chi connectivity index (χ2v) is 9.31. The third-order valence-electron chi connectivity index (χ3n) is 6.44. The monoisotopic (exact) mass is 362 g/mol. The summed E-state index contributed by atoms with van der Waals surface area (Å²) in [6, 6.07) is 0. The van der Waals surface area contributed by atoms with Crippen molar-refractivity contribution in [2.24, 2.45) is 28.8 Å². The molecule has 5 fully saturated rings. The first kappa shape index (κ1) is 17.1. The van der Waals surface area contributed by atoms with Crippen molar-refractivity contribution in [1.29, 1.82) is 0 Å². The van der Waals surface area contributed by atoms with E-state index in [1.165, 1.54) is 0 Å². The van der Waals surface area contributed by atoms with Gasteiger partial charge in [0.2, 0.25) is 5.79 Å². The van der Waals surface area contributed by atoms with Crippen molar-refractivity contribution in [2.45, 2.75) is 70.4 Å². The molecule has 5 aliphatic rings. The molecule has 4 saturated heterocycles. The Labute approximate surface area is 142 Å². The van der Waals surface area contributed by atoms with Crippen LogP contribution in [0.2, 0.25) is 0 Å². The molecule has 1 saturated carbocycles. The van der Waals surface area contributed by atoms with Gasteiger partial charge < -0.3 is 9.47 Å². The maximum Gasteiger partial charge on any atom is 0.276 e. The lowest BCUT2D eigenvalue weighted by Gasteiger charge is -2.60. The van der Waals surface area contributed by atoms with Crippen LogP contribution in [0.25, 0.3) is 0 Å². The Morgan fingerprint density at radius 1 is 1.12 bits per heavy atom. The van der Waals surface area contributed by atoms with E-state index >= 15 is 0 Å². The lowest BCUT2D eigenvalue weighted by atomic mass is 9.58. The van der Waals surface area contributed by atoms with Crippen LogP contribution in [0.5, 0.6) is 0 Å². The molecule has 24 heavy (non-hydrogen) atoms. The second-order valence-electron chi connectivity index (χ2n) is 7.99. The average molecular weight is 362 g/mol. The molecule has 4 aliphatic heterocycles. The number of hydrogen-bond acceptors (Lipinski definition) is 6. The van der Waals surface area contributed by atoms with Crippen LogP contribution < -0.4 is 9.86 Å². The predicted molar refractivity (Wildman–Crippen MR) is 83.1 cm³/mol. The zero-order valence-electron chi connectivity index (χ0n) is 14.2. The van der Waals surface area contributed by atoms with E-state index < -0.39 is 34.1 Å². The smallest absolute Gasteiger partial charge is 0.276 e. The van der Waals surface area contributed by atoms with Gasteiger partial charge in [0.15, 0.2) is 11.9 Å². The standard InChI is InChI=1S/C15H26N2O6S/c1-8-4-5-11-9(2)12(17-24(16,18)19)20-13-15(11)10(8)6-7-14(3,21-13)22-23-15/h8-13,17H,4-7H2,1-3H3,(H2,16,18,19)/t8?,9-,10?,11?,12-,13?,14-,15-/m1/s1. The number of nitrogens with one attached hydrogen (secondary N) is 1. The van der Waals surface area contributed by atoms with Crippen molar-refractivity contribution in [3.63, 3.8) is 0 Å². The summed E-state index contributed by atoms with van der Waals surface area (Å²) in [6.07, 6.45) is 2.22. The van der Waals surface area contributed by atoms with E-state index in [0.717, 1.165) is 25.7 Å². The fourth-order valence-electron chi connectivity index (χ4n) is 5.20. The van der Waals surface area contributed by atoms with Gasteiger partial charge in [-0.2, -0.15) is 13.1 Å². The van der Waals surface area contributed by atoms with Crippen molar-refractivity contribution in [1.82, 2.24) is 4.72 Å². The molecule has 0 aromatic rings. The van der Waals surface area contributed by atoms with E-state index in [4.69, 9.17) is 24.4 Å². The van der Waals surface area contributed by atoms with Crippen molar-refractivity contribution < 1.29 is 27.7 Å². The topological polar surface area (TPSA) is 109 Å². The first-order chi connectivity index (χ1) is 11.1. The van der Waals surface area contributed by atoms with Gasteiger partial charge >= 0.3 is 0 Å². The summed E-state index contributed by atoms with van der Waals surface area (Å²) in [5, 5.41) is 5.16. The van der Waals surface area contributed by atoms with Gasteiger partial charge in [0.25, 0.3) is 10.2 Å². The highest BCUT2D eigenvalue weighted by Crippen LogP contribution is 2.60. The molecule has 4 unspecified atom stereocenters. The molecule has 1 spiro atoms. The van der Waals surface area contributed by atoms with E-state index in [1.54, 1.807) is 0 Å². The fourth-order valence-corrected chi connectivity index (χ4v) is 5.80. The van der Waals surface area contributed by atoms with E-state index in [-0.39, 0.29) is 17.8 Å². The molecule has 138 valence electrons. The van der Waals surface area contributed by atoms with Crippen molar-refractivity contribution in [3.05, 3.63) is 0 Å². The average Bonchev–Trinajstić information content (AvgIpc) is 2.69. The minimum Gasteiger partial charge on any atom is -0.330 e. The molecule has 0 aromatic carbocycles. The molecular weight excluding hydrogens is 336 g/mol. The van der Waals surface area contributed by atoms with E-state index in [0.29, 0.717) is 5.92 Å². The highest BCUT2D eigenvalue weighted by atomic mass is 32.2. The van der Waals surface area contributed by atoms with Crippen LogP contribution in [0.3, 0.4) is 0 Å². The number of hydrogen-bond donors (Lipinski definition) is 2. The minimum atomic E-state index is -3.87. The van der Waals surface area contributed by atoms with Crippen molar-refractivity contribution in [3.8, 4) is 0 Å². The predicted octanol–water partition coefficient (Wildman–Crippen LogP) is 0.988. The summed E-state index contributed by atoms with van der Waals surface area (Å²) in [6.45, 7) is 6.03. The maximum absolute atomic E-state index is 11.5. The van der Waals surface area contributed by atoms with Gasteiger partial charge in [0.1, 0.15) is 6.23 Å². The number of nitrogens with two attached hydrogens (primary N) is 1. The minimum absolute atomic E-state index is 0.0688. The van der Waals surface area contributed by atoms with Gasteiger partial charge in [-0.3, -0.25) is 0 Å². The molecule has 3 N–H and O–H groups in total. The first-order valence-corrected chi connectivity index (χ1v) is 10.2. The molecule has 0 aromatic heterocycles. The zero-order chi connectivity index (χ0) is 17.3. The molecule has 2 bridgehead atoms. The van der Waals surface area contributed by atoms with Crippen molar-refractivity contribution >= 4 is 10.2 Å². The summed E-state index contributed by atoms with van der Waals surface area (Å²) in [4.78, 5) is 11.7. The van der Waals surface area contributed by atoms with Crippen LogP contribution in [-0.2, 0) is 29.5 Å². The Hall–Kier alpha value is -0.290. The van der Waals surface area contributed by atoms with Crippen LogP contribution in [0.15, 0.2) is 0 Å². The number of ether oxygens (including phenoxy) is 2.